The third-order valence-electron chi connectivity index (χ3n) is 5.26. The van der Waals surface area contributed by atoms with E-state index < -0.39 is 0 Å². The number of hydrogen-bond acceptors (Lipinski definition) is 2. The van der Waals surface area contributed by atoms with Gasteiger partial charge in [-0.05, 0) is 36.1 Å². The minimum absolute atomic E-state index is 0.137. The van der Waals surface area contributed by atoms with E-state index in [1.165, 1.54) is 11.3 Å². The third kappa shape index (κ3) is 3.55. The maximum absolute atomic E-state index is 12.9. The Kier molecular flexibility index (Phi) is 4.83. The van der Waals surface area contributed by atoms with Crippen LogP contribution in [-0.4, -0.2) is 18.9 Å². The maximum atomic E-state index is 12.9. The lowest BCUT2D eigenvalue weighted by Gasteiger charge is -2.33. The van der Waals surface area contributed by atoms with Crippen molar-refractivity contribution in [1.82, 2.24) is 0 Å². The van der Waals surface area contributed by atoms with Gasteiger partial charge in [-0.25, -0.2) is 0 Å². The smallest absolute Gasteiger partial charge is 0.166 e. The fourth-order valence-electron chi connectivity index (χ4n) is 3.73. The Balaban J connectivity index is 1.41. The van der Waals surface area contributed by atoms with Crippen LogP contribution in [0.15, 0.2) is 84.9 Å². The zero-order valence-corrected chi connectivity index (χ0v) is 14.8. The van der Waals surface area contributed by atoms with Gasteiger partial charge >= 0.3 is 0 Å². The van der Waals surface area contributed by atoms with Crippen molar-refractivity contribution in [2.24, 2.45) is 5.92 Å². The highest BCUT2D eigenvalue weighted by Crippen LogP contribution is 2.27. The molecule has 0 N–H and O–H groups in total. The lowest BCUT2D eigenvalue weighted by molar-refractivity contribution is 0.0900. The van der Waals surface area contributed by atoms with E-state index in [9.17, 15) is 4.79 Å². The average Bonchev–Trinajstić information content (AvgIpc) is 2.75. The molecule has 1 aliphatic heterocycles. The van der Waals surface area contributed by atoms with Gasteiger partial charge in [-0.15, -0.1) is 0 Å². The molecular weight excluding hydrogens is 318 g/mol. The van der Waals surface area contributed by atoms with Gasteiger partial charge in [0.1, 0.15) is 0 Å². The number of carbonyl (C=O) groups excluding carboxylic acids is 1. The van der Waals surface area contributed by atoms with Crippen molar-refractivity contribution < 1.29 is 4.79 Å². The third-order valence-corrected chi connectivity index (χ3v) is 5.26. The fourth-order valence-corrected chi connectivity index (χ4v) is 3.73. The molecule has 0 radical (unpaired) electrons. The summed E-state index contributed by atoms with van der Waals surface area (Å²) in [5.41, 5.74) is 4.43. The molecule has 3 aromatic rings. The molecular formula is C24H23NO. The first-order valence-electron chi connectivity index (χ1n) is 9.31. The molecule has 0 spiro atoms. The normalized spacial score (nSPS) is 15.0. The van der Waals surface area contributed by atoms with Crippen molar-refractivity contribution in [2.75, 3.05) is 18.0 Å². The zero-order valence-electron chi connectivity index (χ0n) is 14.8. The summed E-state index contributed by atoms with van der Waals surface area (Å²) in [5.74, 6) is 0.426. The fraction of sp³-hybridized carbons (Fsp3) is 0.208. The van der Waals surface area contributed by atoms with E-state index in [4.69, 9.17) is 0 Å². The van der Waals surface area contributed by atoms with Crippen molar-refractivity contribution in [3.05, 3.63) is 90.5 Å². The molecule has 1 aliphatic rings. The largest absolute Gasteiger partial charge is 0.371 e. The van der Waals surface area contributed by atoms with E-state index >= 15 is 0 Å². The Morgan fingerprint density at radius 3 is 1.85 bits per heavy atom. The van der Waals surface area contributed by atoms with Crippen LogP contribution in [0.3, 0.4) is 0 Å². The molecule has 1 heterocycles. The van der Waals surface area contributed by atoms with Crippen LogP contribution < -0.4 is 4.90 Å². The number of rotatable bonds is 4. The number of benzene rings is 3. The number of ketones is 1. The summed E-state index contributed by atoms with van der Waals surface area (Å²) in [6.45, 7) is 1.89. The van der Waals surface area contributed by atoms with E-state index in [0.717, 1.165) is 37.1 Å². The molecule has 3 aromatic carbocycles. The first-order chi connectivity index (χ1) is 12.8. The molecule has 0 aliphatic carbocycles. The summed E-state index contributed by atoms with van der Waals surface area (Å²) < 4.78 is 0. The molecule has 0 unspecified atom stereocenters. The molecule has 1 fully saturated rings. The second kappa shape index (κ2) is 7.57. The number of Topliss-reactive ketones (excluding diaryl/α,β-unsaturated/α-hetero) is 1. The van der Waals surface area contributed by atoms with E-state index in [1.54, 1.807) is 0 Å². The highest BCUT2D eigenvalue weighted by molar-refractivity contribution is 5.98. The molecule has 1 saturated heterocycles. The van der Waals surface area contributed by atoms with Crippen molar-refractivity contribution in [3.8, 4) is 11.1 Å². The SMILES string of the molecule is O=C(c1ccc(-c2ccccc2)cc1)C1CCN(c2ccccc2)CC1. The Morgan fingerprint density at radius 1 is 0.692 bits per heavy atom. The summed E-state index contributed by atoms with van der Waals surface area (Å²) in [7, 11) is 0. The Morgan fingerprint density at radius 2 is 1.23 bits per heavy atom. The van der Waals surface area contributed by atoms with Gasteiger partial charge in [0, 0.05) is 30.3 Å². The maximum Gasteiger partial charge on any atom is 0.166 e. The lowest BCUT2D eigenvalue weighted by atomic mass is 9.88. The lowest BCUT2D eigenvalue weighted by Crippen LogP contribution is -2.36. The summed E-state index contributed by atoms with van der Waals surface area (Å²) in [6.07, 6.45) is 1.85. The van der Waals surface area contributed by atoms with Crippen LogP contribution in [0.4, 0.5) is 5.69 Å². The predicted octanol–water partition coefficient (Wildman–Crippen LogP) is 5.45. The highest BCUT2D eigenvalue weighted by Gasteiger charge is 2.25. The van der Waals surface area contributed by atoms with Gasteiger partial charge in [-0.2, -0.15) is 0 Å². The monoisotopic (exact) mass is 341 g/mol. The number of hydrogen-bond donors (Lipinski definition) is 0. The van der Waals surface area contributed by atoms with Crippen molar-refractivity contribution in [3.63, 3.8) is 0 Å². The molecule has 2 heteroatoms. The Hall–Kier alpha value is -2.87. The van der Waals surface area contributed by atoms with Gasteiger partial charge in [0.2, 0.25) is 0 Å². The number of anilines is 1. The molecule has 26 heavy (non-hydrogen) atoms. The summed E-state index contributed by atoms with van der Waals surface area (Å²) in [4.78, 5) is 15.2. The summed E-state index contributed by atoms with van der Waals surface area (Å²) in [6, 6.07) is 28.8. The van der Waals surface area contributed by atoms with Gasteiger partial charge in [0.25, 0.3) is 0 Å². The van der Waals surface area contributed by atoms with E-state index in [-0.39, 0.29) is 11.7 Å². The molecule has 4 rings (SSSR count). The van der Waals surface area contributed by atoms with E-state index in [0.29, 0.717) is 0 Å². The van der Waals surface area contributed by atoms with E-state index in [2.05, 4.69) is 53.4 Å². The molecule has 2 nitrogen and oxygen atoms in total. The van der Waals surface area contributed by atoms with Gasteiger partial charge < -0.3 is 4.90 Å². The second-order valence-corrected chi connectivity index (χ2v) is 6.90. The minimum atomic E-state index is 0.137. The van der Waals surface area contributed by atoms with Crippen LogP contribution in [0.5, 0.6) is 0 Å². The molecule has 0 bridgehead atoms. The van der Waals surface area contributed by atoms with Crippen LogP contribution in [0.25, 0.3) is 11.1 Å². The Labute approximate surface area is 155 Å². The van der Waals surface area contributed by atoms with Gasteiger partial charge in [0.15, 0.2) is 5.78 Å². The number of nitrogens with zero attached hydrogens (tertiary/aromatic N) is 1. The van der Waals surface area contributed by atoms with Crippen LogP contribution in [-0.2, 0) is 0 Å². The van der Waals surface area contributed by atoms with Gasteiger partial charge in [-0.3, -0.25) is 4.79 Å². The topological polar surface area (TPSA) is 20.3 Å². The van der Waals surface area contributed by atoms with Crippen molar-refractivity contribution in [1.29, 1.82) is 0 Å². The molecule has 0 aromatic heterocycles. The molecule has 0 atom stereocenters. The number of carbonyl (C=O) groups is 1. The van der Waals surface area contributed by atoms with Crippen LogP contribution in [0.2, 0.25) is 0 Å². The first-order valence-corrected chi connectivity index (χ1v) is 9.31. The number of para-hydroxylation sites is 1. The van der Waals surface area contributed by atoms with Crippen LogP contribution in [0.1, 0.15) is 23.2 Å². The van der Waals surface area contributed by atoms with Gasteiger partial charge in [-0.1, -0.05) is 72.8 Å². The minimum Gasteiger partial charge on any atom is -0.371 e. The van der Waals surface area contributed by atoms with Crippen molar-refractivity contribution in [2.45, 2.75) is 12.8 Å². The summed E-state index contributed by atoms with van der Waals surface area (Å²) >= 11 is 0. The average molecular weight is 341 g/mol. The number of piperidine rings is 1. The van der Waals surface area contributed by atoms with Crippen molar-refractivity contribution >= 4 is 11.5 Å². The van der Waals surface area contributed by atoms with Crippen LogP contribution in [0, 0.1) is 5.92 Å². The molecule has 0 amide bonds. The predicted molar refractivity (Wildman–Crippen MR) is 108 cm³/mol. The quantitative estimate of drug-likeness (QED) is 0.588. The van der Waals surface area contributed by atoms with Gasteiger partial charge in [0.05, 0.1) is 0 Å². The Bertz CT molecular complexity index is 848. The van der Waals surface area contributed by atoms with Crippen LogP contribution >= 0.6 is 0 Å². The standard InChI is InChI=1S/C24H23NO/c26-24(21-13-11-20(12-14-21)19-7-3-1-4-8-19)22-15-17-25(18-16-22)23-9-5-2-6-10-23/h1-14,22H,15-18H2. The highest BCUT2D eigenvalue weighted by atomic mass is 16.1. The van der Waals surface area contributed by atoms with E-state index in [1.807, 2.05) is 36.4 Å². The zero-order chi connectivity index (χ0) is 17.8. The molecule has 130 valence electrons. The molecule has 0 saturated carbocycles. The first kappa shape index (κ1) is 16.6. The second-order valence-electron chi connectivity index (χ2n) is 6.90. The summed E-state index contributed by atoms with van der Waals surface area (Å²) in [5, 5.41) is 0.